The lowest BCUT2D eigenvalue weighted by Crippen LogP contribution is -2.16. The van der Waals surface area contributed by atoms with Gasteiger partial charge < -0.3 is 14.6 Å². The summed E-state index contributed by atoms with van der Waals surface area (Å²) in [4.78, 5) is 16.6. The maximum absolute atomic E-state index is 12.2. The van der Waals surface area contributed by atoms with Crippen molar-refractivity contribution >= 4 is 23.4 Å². The summed E-state index contributed by atoms with van der Waals surface area (Å²) in [5, 5.41) is 3.86. The van der Waals surface area contributed by atoms with Crippen LogP contribution in [0.3, 0.4) is 0 Å². The van der Waals surface area contributed by atoms with E-state index in [1.807, 2.05) is 43.6 Å². The molecule has 2 aromatic rings. The molecule has 3 rings (SSSR count). The summed E-state index contributed by atoms with van der Waals surface area (Å²) in [5.41, 5.74) is 0.782. The van der Waals surface area contributed by atoms with Gasteiger partial charge in [-0.25, -0.2) is 4.98 Å². The van der Waals surface area contributed by atoms with E-state index in [0.717, 1.165) is 16.6 Å². The fourth-order valence-corrected chi connectivity index (χ4v) is 4.00. The Hall–Kier alpha value is -1.95. The lowest BCUT2D eigenvalue weighted by molar-refractivity contribution is -0.113. The molecular weight excluding hydrogens is 334 g/mol. The maximum Gasteiger partial charge on any atom is 0.234 e. The number of thioether (sulfide) groups is 1. The highest BCUT2D eigenvalue weighted by molar-refractivity contribution is 7.99. The van der Waals surface area contributed by atoms with Crippen molar-refractivity contribution in [2.75, 3.05) is 17.7 Å². The fourth-order valence-electron chi connectivity index (χ4n) is 3.18. The van der Waals surface area contributed by atoms with E-state index in [1.165, 1.54) is 43.9 Å². The van der Waals surface area contributed by atoms with E-state index in [2.05, 4.69) is 14.9 Å². The minimum atomic E-state index is -0.0210. The van der Waals surface area contributed by atoms with Crippen LogP contribution in [0.4, 0.5) is 5.69 Å². The number of amides is 1. The summed E-state index contributed by atoms with van der Waals surface area (Å²) in [6, 6.07) is 7.98. The summed E-state index contributed by atoms with van der Waals surface area (Å²) in [5.74, 6) is 1.15. The molecule has 6 heteroatoms. The molecule has 1 aromatic heterocycles. The van der Waals surface area contributed by atoms with Crippen LogP contribution >= 0.6 is 11.8 Å². The van der Waals surface area contributed by atoms with Crippen LogP contribution in [0.5, 0.6) is 5.75 Å². The SMILES string of the molecule is CCOc1ccc(NC(=O)CSc2nccn2C2CCCCC2)cc1. The third kappa shape index (κ3) is 5.01. The molecule has 1 amide bonds. The number of anilines is 1. The van der Waals surface area contributed by atoms with Crippen LogP contribution in [-0.2, 0) is 4.79 Å². The summed E-state index contributed by atoms with van der Waals surface area (Å²) >= 11 is 1.50. The van der Waals surface area contributed by atoms with Crippen LogP contribution in [0.2, 0.25) is 0 Å². The summed E-state index contributed by atoms with van der Waals surface area (Å²) in [7, 11) is 0. The zero-order chi connectivity index (χ0) is 17.5. The van der Waals surface area contributed by atoms with Crippen molar-refractivity contribution < 1.29 is 9.53 Å². The second kappa shape index (κ2) is 8.94. The smallest absolute Gasteiger partial charge is 0.234 e. The Morgan fingerprint density at radius 2 is 2.04 bits per heavy atom. The van der Waals surface area contributed by atoms with Crippen LogP contribution in [0.15, 0.2) is 41.8 Å². The van der Waals surface area contributed by atoms with Gasteiger partial charge in [0.1, 0.15) is 5.75 Å². The number of nitrogens with one attached hydrogen (secondary N) is 1. The van der Waals surface area contributed by atoms with Gasteiger partial charge in [-0.05, 0) is 44.0 Å². The summed E-state index contributed by atoms with van der Waals surface area (Å²) in [6.45, 7) is 2.58. The van der Waals surface area contributed by atoms with Crippen molar-refractivity contribution in [1.29, 1.82) is 0 Å². The second-order valence-corrected chi connectivity index (χ2v) is 7.15. The number of nitrogens with zero attached hydrogens (tertiary/aromatic N) is 2. The molecule has 25 heavy (non-hydrogen) atoms. The third-order valence-corrected chi connectivity index (χ3v) is 5.36. The fraction of sp³-hybridized carbons (Fsp3) is 0.474. The van der Waals surface area contributed by atoms with Crippen LogP contribution in [0.25, 0.3) is 0 Å². The summed E-state index contributed by atoms with van der Waals surface area (Å²) in [6.07, 6.45) is 10.2. The molecule has 0 radical (unpaired) electrons. The van der Waals surface area contributed by atoms with Crippen LogP contribution in [0.1, 0.15) is 45.1 Å². The van der Waals surface area contributed by atoms with E-state index < -0.39 is 0 Å². The number of benzene rings is 1. The van der Waals surface area contributed by atoms with Gasteiger partial charge in [0.05, 0.1) is 12.4 Å². The lowest BCUT2D eigenvalue weighted by atomic mass is 9.95. The maximum atomic E-state index is 12.2. The number of carbonyl (C=O) groups excluding carboxylic acids is 1. The van der Waals surface area contributed by atoms with E-state index in [0.29, 0.717) is 18.4 Å². The van der Waals surface area contributed by atoms with E-state index in [-0.39, 0.29) is 5.91 Å². The Balaban J connectivity index is 1.51. The number of carbonyl (C=O) groups is 1. The highest BCUT2D eigenvalue weighted by Crippen LogP contribution is 2.31. The van der Waals surface area contributed by atoms with Gasteiger partial charge in [-0.1, -0.05) is 31.0 Å². The largest absolute Gasteiger partial charge is 0.494 e. The van der Waals surface area contributed by atoms with Crippen molar-refractivity contribution in [3.05, 3.63) is 36.7 Å². The van der Waals surface area contributed by atoms with Crippen molar-refractivity contribution in [3.63, 3.8) is 0 Å². The molecule has 5 nitrogen and oxygen atoms in total. The van der Waals surface area contributed by atoms with Gasteiger partial charge >= 0.3 is 0 Å². The molecule has 1 N–H and O–H groups in total. The molecule has 1 saturated carbocycles. The molecule has 0 unspecified atom stereocenters. The van der Waals surface area contributed by atoms with E-state index in [9.17, 15) is 4.79 Å². The molecule has 1 fully saturated rings. The Labute approximate surface area is 153 Å². The molecule has 0 atom stereocenters. The van der Waals surface area contributed by atoms with E-state index >= 15 is 0 Å². The number of rotatable bonds is 7. The van der Waals surface area contributed by atoms with Gasteiger partial charge in [0.2, 0.25) is 5.91 Å². The van der Waals surface area contributed by atoms with Gasteiger partial charge in [0, 0.05) is 24.1 Å². The van der Waals surface area contributed by atoms with Crippen LogP contribution in [0, 0.1) is 0 Å². The standard InChI is InChI=1S/C19H25N3O2S/c1-2-24-17-10-8-15(9-11-17)21-18(23)14-25-19-20-12-13-22(19)16-6-4-3-5-7-16/h8-13,16H,2-7,14H2,1H3,(H,21,23). The topological polar surface area (TPSA) is 56.1 Å². The number of aromatic nitrogens is 2. The van der Waals surface area contributed by atoms with Crippen molar-refractivity contribution in [3.8, 4) is 5.75 Å². The quantitative estimate of drug-likeness (QED) is 0.739. The zero-order valence-electron chi connectivity index (χ0n) is 14.6. The van der Waals surface area contributed by atoms with Gasteiger partial charge in [-0.2, -0.15) is 0 Å². The molecular formula is C19H25N3O2S. The minimum absolute atomic E-state index is 0.0210. The molecule has 1 aliphatic carbocycles. The molecule has 1 aromatic carbocycles. The Morgan fingerprint density at radius 3 is 2.76 bits per heavy atom. The van der Waals surface area contributed by atoms with Crippen molar-refractivity contribution in [1.82, 2.24) is 9.55 Å². The first-order valence-corrected chi connectivity index (χ1v) is 9.93. The predicted molar refractivity (Wildman–Crippen MR) is 101 cm³/mol. The molecule has 1 aliphatic rings. The Kier molecular flexibility index (Phi) is 6.39. The van der Waals surface area contributed by atoms with Crippen LogP contribution < -0.4 is 10.1 Å². The van der Waals surface area contributed by atoms with E-state index in [4.69, 9.17) is 4.74 Å². The molecule has 134 valence electrons. The molecule has 0 aliphatic heterocycles. The molecule has 1 heterocycles. The first-order chi connectivity index (χ1) is 12.3. The Morgan fingerprint density at radius 1 is 1.28 bits per heavy atom. The van der Waals surface area contributed by atoms with E-state index in [1.54, 1.807) is 0 Å². The monoisotopic (exact) mass is 359 g/mol. The summed E-state index contributed by atoms with van der Waals surface area (Å²) < 4.78 is 7.65. The predicted octanol–water partition coefficient (Wildman–Crippen LogP) is 4.52. The minimum Gasteiger partial charge on any atom is -0.494 e. The second-order valence-electron chi connectivity index (χ2n) is 6.20. The number of imidazole rings is 1. The third-order valence-electron chi connectivity index (χ3n) is 4.38. The zero-order valence-corrected chi connectivity index (χ0v) is 15.4. The van der Waals surface area contributed by atoms with Gasteiger partial charge in [-0.15, -0.1) is 0 Å². The van der Waals surface area contributed by atoms with Gasteiger partial charge in [0.15, 0.2) is 5.16 Å². The van der Waals surface area contributed by atoms with Crippen molar-refractivity contribution in [2.24, 2.45) is 0 Å². The number of ether oxygens (including phenoxy) is 1. The molecule has 0 spiro atoms. The Bertz CT molecular complexity index is 678. The van der Waals surface area contributed by atoms with Crippen LogP contribution in [-0.4, -0.2) is 27.8 Å². The number of hydrogen-bond donors (Lipinski definition) is 1. The average Bonchev–Trinajstić information content (AvgIpc) is 3.11. The normalized spacial score (nSPS) is 15.1. The first kappa shape index (κ1) is 17.9. The molecule has 0 saturated heterocycles. The highest BCUT2D eigenvalue weighted by atomic mass is 32.2. The molecule has 0 bridgehead atoms. The average molecular weight is 359 g/mol. The van der Waals surface area contributed by atoms with Gasteiger partial charge in [-0.3, -0.25) is 4.79 Å². The highest BCUT2D eigenvalue weighted by Gasteiger charge is 2.18. The van der Waals surface area contributed by atoms with Gasteiger partial charge in [0.25, 0.3) is 0 Å². The lowest BCUT2D eigenvalue weighted by Gasteiger charge is -2.24. The van der Waals surface area contributed by atoms with Crippen molar-refractivity contribution in [2.45, 2.75) is 50.2 Å². The number of hydrogen-bond acceptors (Lipinski definition) is 4. The first-order valence-electron chi connectivity index (χ1n) is 8.94.